The summed E-state index contributed by atoms with van der Waals surface area (Å²) in [4.78, 5) is 11.0. The molecule has 1 aromatic rings. The fraction of sp³-hybridized carbons (Fsp3) is 0.429. The third-order valence-electron chi connectivity index (χ3n) is 1.31. The standard InChI is InChI=1S/C7H10N2O2S/c1-5(12)7(10)8-4-6-2-3-11-9-6/h2-3,5,12H,4H2,1H3,(H,8,10). The predicted octanol–water partition coefficient (Wildman–Crippen LogP) is 0.609. The van der Waals surface area contributed by atoms with E-state index in [0.29, 0.717) is 12.2 Å². The van der Waals surface area contributed by atoms with E-state index in [2.05, 4.69) is 27.6 Å². The van der Waals surface area contributed by atoms with Crippen molar-refractivity contribution >= 4 is 18.5 Å². The van der Waals surface area contributed by atoms with Gasteiger partial charge in [0.15, 0.2) is 0 Å². The molecule has 0 saturated heterocycles. The summed E-state index contributed by atoms with van der Waals surface area (Å²) in [5, 5.41) is 5.98. The van der Waals surface area contributed by atoms with E-state index >= 15 is 0 Å². The minimum Gasteiger partial charge on any atom is -0.364 e. The zero-order chi connectivity index (χ0) is 8.97. The number of aromatic nitrogens is 1. The number of amides is 1. The molecule has 0 aliphatic heterocycles. The van der Waals surface area contributed by atoms with Crippen molar-refractivity contribution in [3.8, 4) is 0 Å². The van der Waals surface area contributed by atoms with Crippen LogP contribution in [-0.2, 0) is 11.3 Å². The molecule has 1 atom stereocenters. The number of carbonyl (C=O) groups excluding carboxylic acids is 1. The van der Waals surface area contributed by atoms with Gasteiger partial charge in [0.2, 0.25) is 5.91 Å². The maximum absolute atomic E-state index is 11.0. The van der Waals surface area contributed by atoms with Crippen LogP contribution >= 0.6 is 12.6 Å². The van der Waals surface area contributed by atoms with Crippen molar-refractivity contribution in [1.82, 2.24) is 10.5 Å². The Morgan fingerprint density at radius 3 is 3.17 bits per heavy atom. The summed E-state index contributed by atoms with van der Waals surface area (Å²) in [6.07, 6.45) is 1.46. The van der Waals surface area contributed by atoms with Crippen LogP contribution in [0.15, 0.2) is 16.9 Å². The van der Waals surface area contributed by atoms with Crippen molar-refractivity contribution in [3.05, 3.63) is 18.0 Å². The molecule has 5 heteroatoms. The molecule has 0 bridgehead atoms. The Labute approximate surface area is 75.7 Å². The second kappa shape index (κ2) is 4.15. The molecule has 1 amide bonds. The maximum atomic E-state index is 11.0. The molecular formula is C7H10N2O2S. The Morgan fingerprint density at radius 2 is 2.67 bits per heavy atom. The Morgan fingerprint density at radius 1 is 1.92 bits per heavy atom. The largest absolute Gasteiger partial charge is 0.364 e. The van der Waals surface area contributed by atoms with Crippen LogP contribution in [0.1, 0.15) is 12.6 Å². The molecule has 4 nitrogen and oxygen atoms in total. The predicted molar refractivity (Wildman–Crippen MR) is 46.8 cm³/mol. The zero-order valence-electron chi connectivity index (χ0n) is 6.65. The summed E-state index contributed by atoms with van der Waals surface area (Å²) < 4.78 is 4.59. The second-order valence-electron chi connectivity index (χ2n) is 2.38. The van der Waals surface area contributed by atoms with Gasteiger partial charge in [0.05, 0.1) is 11.8 Å². The van der Waals surface area contributed by atoms with Crippen LogP contribution in [0.3, 0.4) is 0 Å². The van der Waals surface area contributed by atoms with Gasteiger partial charge in [-0.25, -0.2) is 0 Å². The highest BCUT2D eigenvalue weighted by atomic mass is 32.1. The Bertz CT molecular complexity index is 246. The second-order valence-corrected chi connectivity index (χ2v) is 3.16. The van der Waals surface area contributed by atoms with Crippen LogP contribution < -0.4 is 5.32 Å². The summed E-state index contributed by atoms with van der Waals surface area (Å²) in [6, 6.07) is 1.70. The number of rotatable bonds is 3. The van der Waals surface area contributed by atoms with Crippen molar-refractivity contribution in [2.75, 3.05) is 0 Å². The van der Waals surface area contributed by atoms with Crippen molar-refractivity contribution in [3.63, 3.8) is 0 Å². The normalized spacial score (nSPS) is 12.5. The average molecular weight is 186 g/mol. The first-order valence-electron chi connectivity index (χ1n) is 3.55. The molecule has 0 fully saturated rings. The van der Waals surface area contributed by atoms with Gasteiger partial charge in [-0.1, -0.05) is 5.16 Å². The van der Waals surface area contributed by atoms with Crippen LogP contribution in [-0.4, -0.2) is 16.3 Å². The average Bonchev–Trinajstić information content (AvgIpc) is 2.51. The fourth-order valence-electron chi connectivity index (χ4n) is 0.654. The monoisotopic (exact) mass is 186 g/mol. The molecule has 1 unspecified atom stereocenters. The molecule has 0 saturated carbocycles. The fourth-order valence-corrected chi connectivity index (χ4v) is 0.745. The smallest absolute Gasteiger partial charge is 0.232 e. The van der Waals surface area contributed by atoms with E-state index in [4.69, 9.17) is 0 Å². The number of hydrogen-bond donors (Lipinski definition) is 2. The van der Waals surface area contributed by atoms with E-state index in [1.165, 1.54) is 6.26 Å². The van der Waals surface area contributed by atoms with Crippen LogP contribution in [0.25, 0.3) is 0 Å². The zero-order valence-corrected chi connectivity index (χ0v) is 7.54. The van der Waals surface area contributed by atoms with Crippen LogP contribution in [0.2, 0.25) is 0 Å². The molecule has 1 N–H and O–H groups in total. The molecule has 12 heavy (non-hydrogen) atoms. The van der Waals surface area contributed by atoms with E-state index in [1.54, 1.807) is 13.0 Å². The third-order valence-corrected chi connectivity index (χ3v) is 1.55. The van der Waals surface area contributed by atoms with Gasteiger partial charge < -0.3 is 9.84 Å². The molecule has 0 aromatic carbocycles. The molecule has 0 aliphatic carbocycles. The van der Waals surface area contributed by atoms with Gasteiger partial charge in [-0.3, -0.25) is 4.79 Å². The Hall–Kier alpha value is -0.970. The van der Waals surface area contributed by atoms with E-state index in [9.17, 15) is 4.79 Å². The summed E-state index contributed by atoms with van der Waals surface area (Å²) in [7, 11) is 0. The summed E-state index contributed by atoms with van der Waals surface area (Å²) >= 11 is 3.97. The van der Waals surface area contributed by atoms with E-state index < -0.39 is 0 Å². The summed E-state index contributed by atoms with van der Waals surface area (Å²) in [5.41, 5.74) is 0.706. The van der Waals surface area contributed by atoms with Gasteiger partial charge in [0.1, 0.15) is 12.0 Å². The first kappa shape index (κ1) is 9.12. The van der Waals surface area contributed by atoms with Crippen molar-refractivity contribution < 1.29 is 9.32 Å². The van der Waals surface area contributed by atoms with Crippen LogP contribution in [0.4, 0.5) is 0 Å². The molecule has 66 valence electrons. The first-order chi connectivity index (χ1) is 5.70. The van der Waals surface area contributed by atoms with Gasteiger partial charge in [-0.05, 0) is 6.92 Å². The van der Waals surface area contributed by atoms with E-state index in [1.807, 2.05) is 0 Å². The Kier molecular flexibility index (Phi) is 3.16. The number of thiol groups is 1. The third kappa shape index (κ3) is 2.58. The van der Waals surface area contributed by atoms with Gasteiger partial charge in [-0.2, -0.15) is 12.6 Å². The lowest BCUT2D eigenvalue weighted by Crippen LogP contribution is -2.29. The molecule has 1 rings (SSSR count). The van der Waals surface area contributed by atoms with E-state index in [0.717, 1.165) is 0 Å². The van der Waals surface area contributed by atoms with Gasteiger partial charge in [0.25, 0.3) is 0 Å². The molecule has 0 aliphatic rings. The van der Waals surface area contributed by atoms with Crippen molar-refractivity contribution in [2.45, 2.75) is 18.7 Å². The molecule has 1 heterocycles. The lowest BCUT2D eigenvalue weighted by molar-refractivity contribution is -0.120. The van der Waals surface area contributed by atoms with E-state index in [-0.39, 0.29) is 11.2 Å². The van der Waals surface area contributed by atoms with Gasteiger partial charge in [0, 0.05) is 6.07 Å². The van der Waals surface area contributed by atoms with Crippen molar-refractivity contribution in [1.29, 1.82) is 0 Å². The number of carbonyl (C=O) groups is 1. The van der Waals surface area contributed by atoms with Crippen molar-refractivity contribution in [2.24, 2.45) is 0 Å². The molecule has 0 spiro atoms. The quantitative estimate of drug-likeness (QED) is 0.680. The number of hydrogen-bond acceptors (Lipinski definition) is 4. The molecule has 1 aromatic heterocycles. The number of nitrogens with zero attached hydrogens (tertiary/aromatic N) is 1. The topological polar surface area (TPSA) is 55.1 Å². The minimum atomic E-state index is -0.295. The highest BCUT2D eigenvalue weighted by Crippen LogP contribution is 1.95. The van der Waals surface area contributed by atoms with Crippen LogP contribution in [0, 0.1) is 0 Å². The SMILES string of the molecule is CC(S)C(=O)NCc1ccon1. The highest BCUT2D eigenvalue weighted by molar-refractivity contribution is 7.81. The maximum Gasteiger partial charge on any atom is 0.232 e. The van der Waals surface area contributed by atoms with Crippen LogP contribution in [0.5, 0.6) is 0 Å². The molecule has 0 radical (unpaired) electrons. The van der Waals surface area contributed by atoms with Gasteiger partial charge in [-0.15, -0.1) is 0 Å². The lowest BCUT2D eigenvalue weighted by atomic mass is 10.4. The van der Waals surface area contributed by atoms with Gasteiger partial charge >= 0.3 is 0 Å². The highest BCUT2D eigenvalue weighted by Gasteiger charge is 2.06. The minimum absolute atomic E-state index is 0.110. The lowest BCUT2D eigenvalue weighted by Gasteiger charge is -2.03. The first-order valence-corrected chi connectivity index (χ1v) is 4.07. The number of nitrogens with one attached hydrogen (secondary N) is 1. The Balaban J connectivity index is 2.32. The summed E-state index contributed by atoms with van der Waals surface area (Å²) in [5.74, 6) is -0.110. The molecular weight excluding hydrogens is 176 g/mol. The summed E-state index contributed by atoms with van der Waals surface area (Å²) in [6.45, 7) is 2.10.